The van der Waals surface area contributed by atoms with Crippen LogP contribution in [0.3, 0.4) is 0 Å². The van der Waals surface area contributed by atoms with Crippen LogP contribution in [0.5, 0.6) is 0 Å². The van der Waals surface area contributed by atoms with Gasteiger partial charge in [-0.1, -0.05) is 12.8 Å². The summed E-state index contributed by atoms with van der Waals surface area (Å²) in [5.41, 5.74) is 0. The second kappa shape index (κ2) is 15.6. The van der Waals surface area contributed by atoms with Gasteiger partial charge in [0.15, 0.2) is 0 Å². The van der Waals surface area contributed by atoms with E-state index in [2.05, 4.69) is 73.7 Å². The molecule has 2 saturated carbocycles. The molecule has 129 valence electrons. The van der Waals surface area contributed by atoms with Gasteiger partial charge in [-0.3, -0.25) is 0 Å². The van der Waals surface area contributed by atoms with Gasteiger partial charge in [0.1, 0.15) is 0 Å². The summed E-state index contributed by atoms with van der Waals surface area (Å²) < 4.78 is 3.04. The molecule has 0 atom stereocenters. The Morgan fingerprint density at radius 1 is 0.692 bits per heavy atom. The van der Waals surface area contributed by atoms with Crippen molar-refractivity contribution in [1.82, 2.24) is 0 Å². The SMILES string of the molecule is C=C[C]1[C-][CH][CH][CH]1.[CH]1[CH][CH][CH][CH]1.[Fe+2].c1cc[c]([Sb][c]2ccccc2)cc1. The summed E-state index contributed by atoms with van der Waals surface area (Å²) >= 11 is -0.335. The number of allylic oxidation sites excluding steroid dienone is 1. The molecule has 0 unspecified atom stereocenters. The normalized spacial score (nSPS) is 15.7. The zero-order valence-corrected chi connectivity index (χ0v) is 18.1. The molecule has 2 aromatic carbocycles. The van der Waals surface area contributed by atoms with Crippen LogP contribution in [0.2, 0.25) is 0 Å². The van der Waals surface area contributed by atoms with E-state index in [1.165, 1.54) is 7.02 Å². The van der Waals surface area contributed by atoms with Crippen molar-refractivity contribution in [2.24, 2.45) is 0 Å². The van der Waals surface area contributed by atoms with Crippen LogP contribution in [-0.4, -0.2) is 21.6 Å². The van der Waals surface area contributed by atoms with Crippen molar-refractivity contribution in [3.8, 4) is 0 Å². The van der Waals surface area contributed by atoms with Crippen LogP contribution in [-0.2, 0) is 17.1 Å². The fraction of sp³-hybridized carbons (Fsp3) is 0. The standard InChI is InChI=1S/C7H6.2C6H5.C5H5.Fe.Sb/c1-2-7-5-3-4-6-7;2*1-2-4-6-5-3-1;1-2-4-5-3-1;;/h2-5H,1H2;2*1-5H;1-5H;;/q-1;;;;+2;. The van der Waals surface area contributed by atoms with Crippen LogP contribution >= 0.6 is 0 Å². The van der Waals surface area contributed by atoms with Gasteiger partial charge in [0.05, 0.1) is 0 Å². The zero-order valence-electron chi connectivity index (χ0n) is 14.5. The molecule has 2 fully saturated rings. The maximum absolute atomic E-state index is 3.57. The van der Waals surface area contributed by atoms with Crippen molar-refractivity contribution in [2.75, 3.05) is 0 Å². The molecular formula is C24H21FeSb+. The van der Waals surface area contributed by atoms with Gasteiger partial charge in [0.2, 0.25) is 0 Å². The second-order valence-corrected chi connectivity index (χ2v) is 8.66. The van der Waals surface area contributed by atoms with Crippen LogP contribution in [0.1, 0.15) is 0 Å². The average Bonchev–Trinajstić information content (AvgIpc) is 3.40. The van der Waals surface area contributed by atoms with Gasteiger partial charge < -0.3 is 6.42 Å². The molecular weight excluding hydrogens is 466 g/mol. The van der Waals surface area contributed by atoms with Gasteiger partial charge in [-0.15, -0.1) is 12.7 Å². The van der Waals surface area contributed by atoms with E-state index in [9.17, 15) is 0 Å². The Labute approximate surface area is 181 Å². The first-order valence-corrected chi connectivity index (χ1v) is 10.7. The third kappa shape index (κ3) is 10.6. The van der Waals surface area contributed by atoms with Crippen molar-refractivity contribution >= 4 is 28.6 Å². The summed E-state index contributed by atoms with van der Waals surface area (Å²) in [7, 11) is 0. The van der Waals surface area contributed by atoms with Crippen molar-refractivity contribution in [2.45, 2.75) is 0 Å². The van der Waals surface area contributed by atoms with Crippen molar-refractivity contribution in [3.05, 3.63) is 137 Å². The first-order valence-electron chi connectivity index (χ1n) is 8.13. The predicted molar refractivity (Wildman–Crippen MR) is 109 cm³/mol. The molecule has 11 radical (unpaired) electrons. The van der Waals surface area contributed by atoms with Crippen molar-refractivity contribution in [3.63, 3.8) is 0 Å². The van der Waals surface area contributed by atoms with E-state index in [1.807, 2.05) is 51.4 Å². The molecule has 2 heteroatoms. The van der Waals surface area contributed by atoms with Crippen LogP contribution in [0.4, 0.5) is 0 Å². The van der Waals surface area contributed by atoms with E-state index >= 15 is 0 Å². The monoisotopic (exact) mass is 486 g/mol. The average molecular weight is 487 g/mol. The van der Waals surface area contributed by atoms with Gasteiger partial charge >= 0.3 is 106 Å². The number of benzene rings is 2. The number of hydrogen-bond donors (Lipinski definition) is 0. The van der Waals surface area contributed by atoms with Crippen LogP contribution in [0.15, 0.2) is 73.3 Å². The first kappa shape index (κ1) is 23.6. The molecule has 0 nitrogen and oxygen atoms in total. The topological polar surface area (TPSA) is 0 Å². The summed E-state index contributed by atoms with van der Waals surface area (Å²) in [6.07, 6.45) is 20.5. The zero-order chi connectivity index (χ0) is 17.6. The van der Waals surface area contributed by atoms with E-state index in [1.54, 1.807) is 6.08 Å². The van der Waals surface area contributed by atoms with E-state index in [0.29, 0.717) is 0 Å². The van der Waals surface area contributed by atoms with E-state index < -0.39 is 0 Å². The molecule has 0 heterocycles. The molecule has 0 aliphatic heterocycles. The first-order chi connectivity index (χ1) is 12.4. The van der Waals surface area contributed by atoms with Gasteiger partial charge in [0, 0.05) is 0 Å². The Balaban J connectivity index is 0.000000219. The minimum atomic E-state index is -0.335. The van der Waals surface area contributed by atoms with Gasteiger partial charge in [-0.05, 0) is 32.1 Å². The predicted octanol–water partition coefficient (Wildman–Crippen LogP) is 3.82. The molecule has 2 aromatic rings. The summed E-state index contributed by atoms with van der Waals surface area (Å²) in [5, 5.41) is 0. The third-order valence-corrected chi connectivity index (χ3v) is 6.34. The quantitative estimate of drug-likeness (QED) is 0.457. The van der Waals surface area contributed by atoms with Crippen LogP contribution in [0, 0.1) is 63.7 Å². The molecule has 26 heavy (non-hydrogen) atoms. The minimum absolute atomic E-state index is 0. The van der Waals surface area contributed by atoms with Gasteiger partial charge in [-0.2, -0.15) is 5.92 Å². The molecule has 0 saturated heterocycles. The molecule has 0 amide bonds. The maximum atomic E-state index is 3.57. The molecule has 0 N–H and O–H groups in total. The summed E-state index contributed by atoms with van der Waals surface area (Å²) in [6.45, 7) is 3.57. The van der Waals surface area contributed by atoms with E-state index in [0.717, 1.165) is 5.92 Å². The molecule has 0 aromatic heterocycles. The fourth-order valence-electron chi connectivity index (χ4n) is 1.95. The number of hydrogen-bond acceptors (Lipinski definition) is 0. The third-order valence-electron chi connectivity index (χ3n) is 3.17. The molecule has 4 rings (SSSR count). The molecule has 2 aliphatic rings. The summed E-state index contributed by atoms with van der Waals surface area (Å²) in [4.78, 5) is 0. The molecule has 0 bridgehead atoms. The van der Waals surface area contributed by atoms with E-state index in [-0.39, 0.29) is 38.7 Å². The van der Waals surface area contributed by atoms with Crippen molar-refractivity contribution in [1.29, 1.82) is 0 Å². The Bertz CT molecular complexity index is 512. The van der Waals surface area contributed by atoms with Crippen LogP contribution in [0.25, 0.3) is 0 Å². The van der Waals surface area contributed by atoms with Gasteiger partial charge in [-0.25, -0.2) is 6.42 Å². The fourth-order valence-corrected chi connectivity index (χ4v) is 4.63. The van der Waals surface area contributed by atoms with E-state index in [4.69, 9.17) is 0 Å². The second-order valence-electron chi connectivity index (χ2n) is 5.07. The molecule has 2 aliphatic carbocycles. The van der Waals surface area contributed by atoms with Gasteiger partial charge in [0.25, 0.3) is 0 Å². The Morgan fingerprint density at radius 2 is 1.15 bits per heavy atom. The molecule has 0 spiro atoms. The Hall–Kier alpha value is -0.482. The Morgan fingerprint density at radius 3 is 1.46 bits per heavy atom. The Kier molecular flexibility index (Phi) is 14.1. The number of rotatable bonds is 3. The summed E-state index contributed by atoms with van der Waals surface area (Å²) in [6, 6.07) is 21.5. The van der Waals surface area contributed by atoms with Crippen LogP contribution < -0.4 is 7.02 Å². The van der Waals surface area contributed by atoms with Crippen molar-refractivity contribution < 1.29 is 17.1 Å². The summed E-state index contributed by atoms with van der Waals surface area (Å²) in [5.74, 6) is 1.07.